The number of hydrogen-bond donors (Lipinski definition) is 14. The quantitative estimate of drug-likeness (QED) is 0.0151. The van der Waals surface area contributed by atoms with Crippen molar-refractivity contribution in [1.82, 2.24) is 37.2 Å². The van der Waals surface area contributed by atoms with Crippen LogP contribution in [0.1, 0.15) is 79.6 Å². The van der Waals surface area contributed by atoms with Gasteiger partial charge < -0.3 is 80.9 Å². The Kier molecular flexibility index (Phi) is 24.7. The van der Waals surface area contributed by atoms with Crippen LogP contribution in [0.4, 0.5) is 0 Å². The van der Waals surface area contributed by atoms with E-state index >= 15 is 0 Å². The maximum absolute atomic E-state index is 13.7. The van der Waals surface area contributed by atoms with Crippen molar-refractivity contribution in [2.24, 2.45) is 33.7 Å². The van der Waals surface area contributed by atoms with E-state index in [1.807, 2.05) is 0 Å². The number of nitrogens with two attached hydrogens (primary N) is 5. The van der Waals surface area contributed by atoms with Crippen molar-refractivity contribution in [2.45, 2.75) is 140 Å². The molecule has 8 amide bonds. The second-order valence-electron chi connectivity index (χ2n) is 13.8. The topological polar surface area (TPSA) is 421 Å². The summed E-state index contributed by atoms with van der Waals surface area (Å²) in [6, 6.07) is -10.6. The highest BCUT2D eigenvalue weighted by Gasteiger charge is 2.35. The van der Waals surface area contributed by atoms with Crippen molar-refractivity contribution in [3.63, 3.8) is 0 Å². The summed E-state index contributed by atoms with van der Waals surface area (Å²) in [5, 5.41) is 37.6. The van der Waals surface area contributed by atoms with E-state index in [4.69, 9.17) is 28.7 Å². The molecule has 0 aliphatic rings. The lowest BCUT2D eigenvalue weighted by Crippen LogP contribution is -2.62. The van der Waals surface area contributed by atoms with Crippen LogP contribution in [-0.4, -0.2) is 143 Å². The number of aliphatic hydroxyl groups excluding tert-OH is 2. The van der Waals surface area contributed by atoms with Crippen molar-refractivity contribution in [3.05, 3.63) is 0 Å². The molecule has 24 nitrogen and oxygen atoms in total. The zero-order chi connectivity index (χ0) is 44.7. The average molecular weight is 830 g/mol. The Morgan fingerprint density at radius 1 is 0.586 bits per heavy atom. The molecule has 0 heterocycles. The van der Waals surface area contributed by atoms with E-state index in [1.165, 1.54) is 34.6 Å². The van der Waals surface area contributed by atoms with Gasteiger partial charge in [0.1, 0.15) is 42.5 Å². The number of hydrogen-bond acceptors (Lipinski definition) is 14. The average Bonchev–Trinajstić information content (AvgIpc) is 3.13. The van der Waals surface area contributed by atoms with E-state index in [0.29, 0.717) is 12.7 Å². The number of unbranched alkanes of at least 4 members (excludes halogenated alkanes) is 1. The predicted molar refractivity (Wildman–Crippen MR) is 209 cm³/mol. The SMILES string of the molecule is C[C@H](N)C(=O)N[C@@H](CCCN=C(N)N)C(=O)N[C@H](C(=O)N[C@@H](CCCCN)C(=O)N[C@@H](CCC(N)=O)C(=O)N[C@H](C(=O)N[C@@H](C)C(=O)N[C@@H](C)C=O)[C@@H](C)O)[C@@H](C)O. The van der Waals surface area contributed by atoms with Gasteiger partial charge in [0.25, 0.3) is 0 Å². The molecule has 0 fully saturated rings. The van der Waals surface area contributed by atoms with Crippen LogP contribution in [0.15, 0.2) is 4.99 Å². The Labute approximate surface area is 336 Å². The summed E-state index contributed by atoms with van der Waals surface area (Å²) < 4.78 is 0. The fourth-order valence-corrected chi connectivity index (χ4v) is 5.00. The molecule has 0 aromatic rings. The monoisotopic (exact) mass is 829 g/mol. The number of primary amides is 1. The molecular formula is C34H63N13O11. The molecular weight excluding hydrogens is 766 g/mol. The van der Waals surface area contributed by atoms with Crippen LogP contribution in [0.5, 0.6) is 0 Å². The van der Waals surface area contributed by atoms with Gasteiger partial charge in [-0.1, -0.05) is 0 Å². The minimum Gasteiger partial charge on any atom is -0.391 e. The zero-order valence-electron chi connectivity index (χ0n) is 33.6. The summed E-state index contributed by atoms with van der Waals surface area (Å²) in [6.45, 7) is 6.77. The van der Waals surface area contributed by atoms with Gasteiger partial charge in [-0.15, -0.1) is 0 Å². The van der Waals surface area contributed by atoms with Crippen LogP contribution >= 0.6 is 0 Å². The molecule has 0 saturated heterocycles. The van der Waals surface area contributed by atoms with E-state index in [9.17, 15) is 53.4 Å². The number of nitrogens with one attached hydrogen (secondary N) is 7. The first kappa shape index (κ1) is 52.5. The van der Waals surface area contributed by atoms with E-state index in [2.05, 4.69) is 42.2 Å². The molecule has 0 bridgehead atoms. The second-order valence-corrected chi connectivity index (χ2v) is 13.8. The number of aliphatic imine (C=N–C) groups is 1. The number of aliphatic hydroxyl groups is 2. The standard InChI is InChI=1S/C34H63N13O11/c1-16(15-48)41-28(53)18(3)42-32(57)25(19(4)49)46-31(56)23(11-12-24(37)51)44-29(54)21(9-6-7-13-35)45-33(58)26(20(5)50)47-30(55)22(43-27(52)17(2)36)10-8-14-40-34(38)39/h15-23,25-26,49-50H,6-14,35-36H2,1-5H3,(H2,37,51)(H,41,53)(H,42,57)(H,43,52)(H,44,54)(H,45,58)(H,46,56)(H,47,55)(H4,38,39,40)/t16-,17-,18-,19+,20+,21-,22-,23-,25-,26-/m0/s1. The van der Waals surface area contributed by atoms with Gasteiger partial charge in [-0.05, 0) is 79.7 Å². The summed E-state index contributed by atoms with van der Waals surface area (Å²) in [5.41, 5.74) is 27.2. The lowest BCUT2D eigenvalue weighted by atomic mass is 10.0. The predicted octanol–water partition coefficient (Wildman–Crippen LogP) is -6.82. The Balaban J connectivity index is 6.30. The van der Waals surface area contributed by atoms with E-state index < -0.39 is 121 Å². The molecule has 10 atom stereocenters. The maximum atomic E-state index is 13.7. The zero-order valence-corrected chi connectivity index (χ0v) is 33.6. The Morgan fingerprint density at radius 3 is 1.48 bits per heavy atom. The molecule has 0 spiro atoms. The van der Waals surface area contributed by atoms with Crippen molar-refractivity contribution < 1.29 is 53.4 Å². The van der Waals surface area contributed by atoms with Gasteiger partial charge in [0.15, 0.2) is 5.96 Å². The molecule has 0 saturated carbocycles. The van der Waals surface area contributed by atoms with Gasteiger partial charge in [0, 0.05) is 13.0 Å². The van der Waals surface area contributed by atoms with Crippen molar-refractivity contribution in [3.8, 4) is 0 Å². The number of carbonyl (C=O) groups excluding carboxylic acids is 9. The third-order valence-electron chi connectivity index (χ3n) is 8.34. The minimum absolute atomic E-state index is 0.000705. The first-order chi connectivity index (χ1) is 27.0. The minimum atomic E-state index is -1.68. The molecule has 0 radical (unpaired) electrons. The summed E-state index contributed by atoms with van der Waals surface area (Å²) in [6.07, 6.45) is -2.59. The third kappa shape index (κ3) is 20.6. The number of aldehydes is 1. The summed E-state index contributed by atoms with van der Waals surface area (Å²) in [7, 11) is 0. The van der Waals surface area contributed by atoms with E-state index in [-0.39, 0.29) is 44.7 Å². The van der Waals surface area contributed by atoms with Crippen LogP contribution in [0.3, 0.4) is 0 Å². The van der Waals surface area contributed by atoms with Crippen LogP contribution in [0, 0.1) is 0 Å². The molecule has 58 heavy (non-hydrogen) atoms. The lowest BCUT2D eigenvalue weighted by molar-refractivity contribution is -0.137. The van der Waals surface area contributed by atoms with Crippen LogP contribution in [0.25, 0.3) is 0 Å². The van der Waals surface area contributed by atoms with Crippen LogP contribution in [-0.2, 0) is 43.2 Å². The maximum Gasteiger partial charge on any atom is 0.245 e. The van der Waals surface area contributed by atoms with Crippen molar-refractivity contribution >= 4 is 59.5 Å². The molecule has 0 aliphatic heterocycles. The lowest BCUT2D eigenvalue weighted by Gasteiger charge is -2.28. The number of amides is 8. The highest BCUT2D eigenvalue weighted by atomic mass is 16.3. The highest BCUT2D eigenvalue weighted by molar-refractivity contribution is 5.97. The molecule has 0 unspecified atom stereocenters. The second kappa shape index (κ2) is 27.2. The highest BCUT2D eigenvalue weighted by Crippen LogP contribution is 2.08. The van der Waals surface area contributed by atoms with Crippen LogP contribution < -0.4 is 65.9 Å². The van der Waals surface area contributed by atoms with Gasteiger partial charge in [-0.25, -0.2) is 0 Å². The smallest absolute Gasteiger partial charge is 0.245 e. The number of carbonyl (C=O) groups is 9. The fraction of sp³-hybridized carbons (Fsp3) is 0.706. The number of rotatable bonds is 28. The fourth-order valence-electron chi connectivity index (χ4n) is 5.00. The van der Waals surface area contributed by atoms with Gasteiger partial charge in [-0.3, -0.25) is 43.3 Å². The van der Waals surface area contributed by atoms with Gasteiger partial charge in [0.2, 0.25) is 47.3 Å². The molecule has 330 valence electrons. The third-order valence-corrected chi connectivity index (χ3v) is 8.34. The number of guanidine groups is 1. The molecule has 0 aliphatic carbocycles. The number of nitrogens with zero attached hydrogens (tertiary/aromatic N) is 1. The van der Waals surface area contributed by atoms with Gasteiger partial charge in [-0.2, -0.15) is 0 Å². The molecule has 0 rings (SSSR count). The summed E-state index contributed by atoms with van der Waals surface area (Å²) in [4.78, 5) is 118. The molecule has 0 aromatic heterocycles. The summed E-state index contributed by atoms with van der Waals surface area (Å²) >= 11 is 0. The van der Waals surface area contributed by atoms with Gasteiger partial charge >= 0.3 is 0 Å². The van der Waals surface area contributed by atoms with Crippen LogP contribution in [0.2, 0.25) is 0 Å². The largest absolute Gasteiger partial charge is 0.391 e. The first-order valence-corrected chi connectivity index (χ1v) is 18.8. The van der Waals surface area contributed by atoms with E-state index in [0.717, 1.165) is 0 Å². The van der Waals surface area contributed by atoms with Crippen molar-refractivity contribution in [1.29, 1.82) is 0 Å². The Hall–Kier alpha value is -5.46. The van der Waals surface area contributed by atoms with E-state index in [1.54, 1.807) is 0 Å². The van der Waals surface area contributed by atoms with Gasteiger partial charge in [0.05, 0.1) is 24.3 Å². The first-order valence-electron chi connectivity index (χ1n) is 18.8. The molecule has 0 aromatic carbocycles. The Morgan fingerprint density at radius 2 is 1.03 bits per heavy atom. The Bertz CT molecular complexity index is 1440. The molecule has 19 N–H and O–H groups in total. The summed E-state index contributed by atoms with van der Waals surface area (Å²) in [5.74, 6) is -7.38. The molecule has 24 heteroatoms. The normalized spacial score (nSPS) is 16.1. The van der Waals surface area contributed by atoms with Crippen molar-refractivity contribution in [2.75, 3.05) is 13.1 Å².